The SMILES string of the molecule is OC(CSc1cc(F)ccc1F)c1ccccc1. The topological polar surface area (TPSA) is 20.2 Å². The highest BCUT2D eigenvalue weighted by atomic mass is 32.2. The number of aliphatic hydroxyl groups excluding tert-OH is 1. The third-order valence-corrected chi connectivity index (χ3v) is 3.58. The van der Waals surface area contributed by atoms with E-state index >= 15 is 0 Å². The second kappa shape index (κ2) is 5.98. The lowest BCUT2D eigenvalue weighted by atomic mass is 10.1. The van der Waals surface area contributed by atoms with Crippen LogP contribution in [0.4, 0.5) is 8.78 Å². The smallest absolute Gasteiger partial charge is 0.136 e. The van der Waals surface area contributed by atoms with Crippen LogP contribution in [0.15, 0.2) is 53.4 Å². The molecule has 0 spiro atoms. The highest BCUT2D eigenvalue weighted by molar-refractivity contribution is 7.99. The van der Waals surface area contributed by atoms with Gasteiger partial charge in [0.15, 0.2) is 0 Å². The minimum Gasteiger partial charge on any atom is -0.388 e. The van der Waals surface area contributed by atoms with E-state index in [1.807, 2.05) is 18.2 Å². The molecule has 2 aromatic carbocycles. The standard InChI is InChI=1S/C14H12F2OS/c15-11-6-7-12(16)14(8-11)18-9-13(17)10-4-2-1-3-5-10/h1-8,13,17H,9H2. The van der Waals surface area contributed by atoms with Crippen LogP contribution in [0.1, 0.15) is 11.7 Å². The average Bonchev–Trinajstić information content (AvgIpc) is 2.40. The molecule has 0 aliphatic heterocycles. The molecule has 0 heterocycles. The van der Waals surface area contributed by atoms with E-state index in [1.54, 1.807) is 12.1 Å². The fourth-order valence-electron chi connectivity index (χ4n) is 1.53. The van der Waals surface area contributed by atoms with Crippen LogP contribution < -0.4 is 0 Å². The molecule has 1 unspecified atom stereocenters. The third-order valence-electron chi connectivity index (χ3n) is 2.47. The lowest BCUT2D eigenvalue weighted by Crippen LogP contribution is -2.00. The summed E-state index contributed by atoms with van der Waals surface area (Å²) in [7, 11) is 0. The number of aliphatic hydroxyl groups is 1. The normalized spacial score (nSPS) is 12.4. The van der Waals surface area contributed by atoms with Crippen molar-refractivity contribution >= 4 is 11.8 Å². The summed E-state index contributed by atoms with van der Waals surface area (Å²) >= 11 is 1.10. The highest BCUT2D eigenvalue weighted by Gasteiger charge is 2.10. The first-order valence-corrected chi connectivity index (χ1v) is 6.46. The van der Waals surface area contributed by atoms with Crippen LogP contribution in [-0.4, -0.2) is 10.9 Å². The Labute approximate surface area is 108 Å². The summed E-state index contributed by atoms with van der Waals surface area (Å²) in [6.07, 6.45) is -0.695. The summed E-state index contributed by atoms with van der Waals surface area (Å²) in [6.45, 7) is 0. The summed E-state index contributed by atoms with van der Waals surface area (Å²) < 4.78 is 26.3. The fourth-order valence-corrected chi connectivity index (χ4v) is 2.46. The van der Waals surface area contributed by atoms with Gasteiger partial charge in [-0.1, -0.05) is 30.3 Å². The van der Waals surface area contributed by atoms with Gasteiger partial charge in [0.05, 0.1) is 6.10 Å². The molecule has 0 saturated heterocycles. The van der Waals surface area contributed by atoms with Crippen molar-refractivity contribution < 1.29 is 13.9 Å². The molecule has 0 saturated carbocycles. The Morgan fingerprint density at radius 2 is 1.78 bits per heavy atom. The van der Waals surface area contributed by atoms with E-state index in [0.29, 0.717) is 0 Å². The minimum atomic E-state index is -0.695. The van der Waals surface area contributed by atoms with Gasteiger partial charge in [0.1, 0.15) is 11.6 Å². The van der Waals surface area contributed by atoms with Crippen LogP contribution in [0.5, 0.6) is 0 Å². The molecule has 0 amide bonds. The first-order valence-electron chi connectivity index (χ1n) is 5.47. The fraction of sp³-hybridized carbons (Fsp3) is 0.143. The van der Waals surface area contributed by atoms with Crippen molar-refractivity contribution in [3.63, 3.8) is 0 Å². The number of thioether (sulfide) groups is 1. The highest BCUT2D eigenvalue weighted by Crippen LogP contribution is 2.27. The Morgan fingerprint density at radius 3 is 2.50 bits per heavy atom. The quantitative estimate of drug-likeness (QED) is 0.850. The van der Waals surface area contributed by atoms with Gasteiger partial charge in [-0.25, -0.2) is 8.78 Å². The molecule has 1 N–H and O–H groups in total. The minimum absolute atomic E-state index is 0.213. The van der Waals surface area contributed by atoms with Crippen LogP contribution in [0.2, 0.25) is 0 Å². The predicted octanol–water partition coefficient (Wildman–Crippen LogP) is 3.79. The van der Waals surface area contributed by atoms with E-state index in [0.717, 1.165) is 35.5 Å². The molecule has 4 heteroatoms. The lowest BCUT2D eigenvalue weighted by Gasteiger charge is -2.10. The first-order chi connectivity index (χ1) is 8.66. The van der Waals surface area contributed by atoms with E-state index in [1.165, 1.54) is 0 Å². The number of halogens is 2. The summed E-state index contributed by atoms with van der Waals surface area (Å²) in [5.74, 6) is -0.667. The molecule has 0 fully saturated rings. The second-order valence-corrected chi connectivity index (χ2v) is 4.87. The Bertz CT molecular complexity index is 516. The predicted molar refractivity (Wildman–Crippen MR) is 68.5 cm³/mol. The Balaban J connectivity index is 2.01. The third kappa shape index (κ3) is 3.31. The maximum atomic E-state index is 13.4. The van der Waals surface area contributed by atoms with E-state index < -0.39 is 17.7 Å². The first kappa shape index (κ1) is 13.1. The molecule has 0 radical (unpaired) electrons. The van der Waals surface area contributed by atoms with E-state index in [2.05, 4.69) is 0 Å². The zero-order chi connectivity index (χ0) is 13.0. The Kier molecular flexibility index (Phi) is 4.33. The number of hydrogen-bond acceptors (Lipinski definition) is 2. The monoisotopic (exact) mass is 266 g/mol. The Morgan fingerprint density at radius 1 is 1.06 bits per heavy atom. The average molecular weight is 266 g/mol. The van der Waals surface area contributed by atoms with Gasteiger partial charge in [0, 0.05) is 10.6 Å². The van der Waals surface area contributed by atoms with Crippen molar-refractivity contribution in [3.8, 4) is 0 Å². The molecule has 0 aliphatic rings. The van der Waals surface area contributed by atoms with Gasteiger partial charge >= 0.3 is 0 Å². The molecule has 2 aromatic rings. The van der Waals surface area contributed by atoms with Crippen molar-refractivity contribution in [2.24, 2.45) is 0 Å². The summed E-state index contributed by atoms with van der Waals surface area (Å²) in [6, 6.07) is 12.4. The Hall–Kier alpha value is -1.39. The van der Waals surface area contributed by atoms with Gasteiger partial charge < -0.3 is 5.11 Å². The van der Waals surface area contributed by atoms with Crippen molar-refractivity contribution in [1.29, 1.82) is 0 Å². The van der Waals surface area contributed by atoms with Gasteiger partial charge in [0.2, 0.25) is 0 Å². The molecular formula is C14H12F2OS. The van der Waals surface area contributed by atoms with Gasteiger partial charge in [-0.15, -0.1) is 11.8 Å². The number of rotatable bonds is 4. The molecule has 0 aromatic heterocycles. The van der Waals surface area contributed by atoms with E-state index in [9.17, 15) is 13.9 Å². The summed E-state index contributed by atoms with van der Waals surface area (Å²) in [4.78, 5) is 0.213. The van der Waals surface area contributed by atoms with Crippen LogP contribution >= 0.6 is 11.8 Å². The van der Waals surface area contributed by atoms with Crippen LogP contribution in [0.25, 0.3) is 0 Å². The van der Waals surface area contributed by atoms with Gasteiger partial charge in [-0.2, -0.15) is 0 Å². The zero-order valence-electron chi connectivity index (χ0n) is 9.51. The number of hydrogen-bond donors (Lipinski definition) is 1. The van der Waals surface area contributed by atoms with Crippen LogP contribution in [-0.2, 0) is 0 Å². The second-order valence-electron chi connectivity index (χ2n) is 3.81. The molecule has 0 bridgehead atoms. The molecule has 2 rings (SSSR count). The summed E-state index contributed by atoms with van der Waals surface area (Å²) in [5.41, 5.74) is 0.766. The molecule has 94 valence electrons. The van der Waals surface area contributed by atoms with Gasteiger partial charge in [0.25, 0.3) is 0 Å². The van der Waals surface area contributed by atoms with Crippen molar-refractivity contribution in [2.45, 2.75) is 11.0 Å². The van der Waals surface area contributed by atoms with E-state index in [4.69, 9.17) is 0 Å². The summed E-state index contributed by atoms with van der Waals surface area (Å²) in [5, 5.41) is 9.90. The molecular weight excluding hydrogens is 254 g/mol. The van der Waals surface area contributed by atoms with Crippen molar-refractivity contribution in [3.05, 3.63) is 65.7 Å². The molecule has 18 heavy (non-hydrogen) atoms. The lowest BCUT2D eigenvalue weighted by molar-refractivity contribution is 0.204. The molecule has 0 aliphatic carbocycles. The van der Waals surface area contributed by atoms with Crippen LogP contribution in [0.3, 0.4) is 0 Å². The zero-order valence-corrected chi connectivity index (χ0v) is 10.3. The van der Waals surface area contributed by atoms with Gasteiger partial charge in [-0.3, -0.25) is 0 Å². The van der Waals surface area contributed by atoms with Gasteiger partial charge in [-0.05, 0) is 23.8 Å². The van der Waals surface area contributed by atoms with Crippen LogP contribution in [0, 0.1) is 11.6 Å². The van der Waals surface area contributed by atoms with Crippen molar-refractivity contribution in [2.75, 3.05) is 5.75 Å². The number of benzene rings is 2. The molecule has 1 nitrogen and oxygen atoms in total. The largest absolute Gasteiger partial charge is 0.388 e. The maximum Gasteiger partial charge on any atom is 0.136 e. The molecule has 1 atom stereocenters. The van der Waals surface area contributed by atoms with E-state index in [-0.39, 0.29) is 10.6 Å². The maximum absolute atomic E-state index is 13.4. The van der Waals surface area contributed by atoms with Crippen molar-refractivity contribution in [1.82, 2.24) is 0 Å².